The van der Waals surface area contributed by atoms with Crippen LogP contribution in [0.5, 0.6) is 0 Å². The van der Waals surface area contributed by atoms with Crippen LogP contribution in [-0.4, -0.2) is 9.97 Å². The summed E-state index contributed by atoms with van der Waals surface area (Å²) in [6.07, 6.45) is 0. The number of benzene rings is 1. The largest absolute Gasteiger partial charge is 0.237 e. The van der Waals surface area contributed by atoms with E-state index < -0.39 is 0 Å². The highest BCUT2D eigenvalue weighted by Gasteiger charge is 2.03. The molecule has 0 aliphatic carbocycles. The first kappa shape index (κ1) is 11.6. The predicted octanol–water partition coefficient (Wildman–Crippen LogP) is 3.64. The van der Waals surface area contributed by atoms with Gasteiger partial charge in [-0.15, -0.1) is 0 Å². The van der Waals surface area contributed by atoms with Crippen molar-refractivity contribution < 1.29 is 0 Å². The van der Waals surface area contributed by atoms with Gasteiger partial charge in [-0.3, -0.25) is 0 Å². The van der Waals surface area contributed by atoms with Crippen LogP contribution in [-0.2, 0) is 5.75 Å². The maximum atomic E-state index is 4.45. The van der Waals surface area contributed by atoms with Gasteiger partial charge < -0.3 is 0 Å². The van der Waals surface area contributed by atoms with Gasteiger partial charge in [0.2, 0.25) is 0 Å². The number of hydrogen-bond acceptors (Lipinski definition) is 3. The molecule has 0 bridgehead atoms. The third-order valence-electron chi connectivity index (χ3n) is 2.18. The minimum Gasteiger partial charge on any atom is -0.237 e. The van der Waals surface area contributed by atoms with Gasteiger partial charge in [-0.1, -0.05) is 28.1 Å². The highest BCUT2D eigenvalue weighted by molar-refractivity contribution is 9.10. The molecule has 1 heterocycles. The lowest BCUT2D eigenvalue weighted by atomic mass is 10.1. The molecule has 0 spiro atoms. The highest BCUT2D eigenvalue weighted by atomic mass is 79.9. The highest BCUT2D eigenvalue weighted by Crippen LogP contribution is 2.20. The summed E-state index contributed by atoms with van der Waals surface area (Å²) in [6.45, 7) is 1.97. The normalized spacial score (nSPS) is 10.4. The lowest BCUT2D eigenvalue weighted by Gasteiger charge is -2.04. The van der Waals surface area contributed by atoms with E-state index in [9.17, 15) is 0 Å². The number of nitrogens with zero attached hydrogens (tertiary/aromatic N) is 2. The van der Waals surface area contributed by atoms with E-state index in [2.05, 4.69) is 38.5 Å². The predicted molar refractivity (Wildman–Crippen MR) is 72.6 cm³/mol. The smallest absolute Gasteiger partial charge is 0.138 e. The first-order chi connectivity index (χ1) is 7.69. The molecule has 0 aliphatic heterocycles. The molecule has 0 saturated carbocycles. The molecular weight excluding hydrogens is 284 g/mol. The molecule has 0 aliphatic rings. The Morgan fingerprint density at radius 3 is 2.50 bits per heavy atom. The lowest BCUT2D eigenvalue weighted by Crippen LogP contribution is -1.96. The van der Waals surface area contributed by atoms with E-state index in [1.807, 2.05) is 37.3 Å². The number of aryl methyl sites for hydroxylation is 1. The average Bonchev–Trinajstić information content (AvgIpc) is 2.29. The van der Waals surface area contributed by atoms with Crippen molar-refractivity contribution in [1.29, 1.82) is 0 Å². The fourth-order valence-electron chi connectivity index (χ4n) is 1.47. The average molecular weight is 295 g/mol. The van der Waals surface area contributed by atoms with E-state index in [0.29, 0.717) is 5.75 Å². The summed E-state index contributed by atoms with van der Waals surface area (Å²) >= 11 is 7.62. The summed E-state index contributed by atoms with van der Waals surface area (Å²) in [5.74, 6) is 1.33. The first-order valence-corrected chi connectivity index (χ1v) is 6.33. The van der Waals surface area contributed by atoms with Crippen molar-refractivity contribution >= 4 is 28.6 Å². The SMILES string of the molecule is Cc1cc(-c2ccc(Br)cc2)nc(CS)n1. The summed E-state index contributed by atoms with van der Waals surface area (Å²) in [7, 11) is 0. The van der Waals surface area contributed by atoms with Gasteiger partial charge in [-0.05, 0) is 25.1 Å². The quantitative estimate of drug-likeness (QED) is 0.856. The summed E-state index contributed by atoms with van der Waals surface area (Å²) in [4.78, 5) is 8.75. The Hall–Kier alpha value is -0.870. The number of halogens is 1. The number of thiol groups is 1. The van der Waals surface area contributed by atoms with E-state index in [1.165, 1.54) is 0 Å². The Morgan fingerprint density at radius 2 is 1.88 bits per heavy atom. The van der Waals surface area contributed by atoms with E-state index in [0.717, 1.165) is 27.2 Å². The van der Waals surface area contributed by atoms with Crippen LogP contribution >= 0.6 is 28.6 Å². The molecule has 2 nitrogen and oxygen atoms in total. The zero-order valence-corrected chi connectivity index (χ0v) is 11.3. The molecule has 16 heavy (non-hydrogen) atoms. The monoisotopic (exact) mass is 294 g/mol. The number of hydrogen-bond donors (Lipinski definition) is 1. The second-order valence-electron chi connectivity index (χ2n) is 3.48. The molecule has 0 radical (unpaired) electrons. The van der Waals surface area contributed by atoms with Crippen LogP contribution < -0.4 is 0 Å². The summed E-state index contributed by atoms with van der Waals surface area (Å²) < 4.78 is 1.07. The molecule has 0 amide bonds. The molecule has 1 aromatic heterocycles. The van der Waals surface area contributed by atoms with Crippen LogP contribution in [0.1, 0.15) is 11.5 Å². The van der Waals surface area contributed by atoms with E-state index >= 15 is 0 Å². The lowest BCUT2D eigenvalue weighted by molar-refractivity contribution is 1.00. The van der Waals surface area contributed by atoms with Gasteiger partial charge in [0.05, 0.1) is 11.4 Å². The van der Waals surface area contributed by atoms with Gasteiger partial charge in [0.1, 0.15) is 5.82 Å². The van der Waals surface area contributed by atoms with Crippen LogP contribution in [0.4, 0.5) is 0 Å². The van der Waals surface area contributed by atoms with Gasteiger partial charge in [-0.25, -0.2) is 9.97 Å². The Kier molecular flexibility index (Phi) is 3.61. The molecule has 0 saturated heterocycles. The molecule has 2 aromatic rings. The molecule has 4 heteroatoms. The fraction of sp³-hybridized carbons (Fsp3) is 0.167. The second-order valence-corrected chi connectivity index (χ2v) is 4.71. The van der Waals surface area contributed by atoms with Crippen LogP contribution in [0.25, 0.3) is 11.3 Å². The molecule has 2 rings (SSSR count). The maximum absolute atomic E-state index is 4.45. The van der Waals surface area contributed by atoms with Crippen LogP contribution in [0.2, 0.25) is 0 Å². The fourth-order valence-corrected chi connectivity index (χ4v) is 1.88. The summed E-state index contributed by atoms with van der Waals surface area (Å²) in [6, 6.07) is 10.1. The molecule has 0 unspecified atom stereocenters. The zero-order valence-electron chi connectivity index (χ0n) is 8.81. The number of aromatic nitrogens is 2. The Morgan fingerprint density at radius 1 is 1.19 bits per heavy atom. The van der Waals surface area contributed by atoms with Crippen molar-refractivity contribution in [3.8, 4) is 11.3 Å². The van der Waals surface area contributed by atoms with Crippen molar-refractivity contribution in [3.05, 3.63) is 46.3 Å². The zero-order chi connectivity index (χ0) is 11.5. The topological polar surface area (TPSA) is 25.8 Å². The van der Waals surface area contributed by atoms with Gasteiger partial charge in [0.15, 0.2) is 0 Å². The van der Waals surface area contributed by atoms with Crippen molar-refractivity contribution in [2.75, 3.05) is 0 Å². The molecule has 0 fully saturated rings. The third kappa shape index (κ3) is 2.62. The standard InChI is InChI=1S/C12H11BrN2S/c1-8-6-11(15-12(7-16)14-8)9-2-4-10(13)5-3-9/h2-6,16H,7H2,1H3. The van der Waals surface area contributed by atoms with E-state index in [1.54, 1.807) is 0 Å². The van der Waals surface area contributed by atoms with Gasteiger partial charge >= 0.3 is 0 Å². The molecule has 0 N–H and O–H groups in total. The van der Waals surface area contributed by atoms with Crippen molar-refractivity contribution in [1.82, 2.24) is 9.97 Å². The Bertz CT molecular complexity index is 497. The number of rotatable bonds is 2. The summed E-state index contributed by atoms with van der Waals surface area (Å²) in [5.41, 5.74) is 3.01. The van der Waals surface area contributed by atoms with Gasteiger partial charge in [0.25, 0.3) is 0 Å². The summed E-state index contributed by atoms with van der Waals surface area (Å²) in [5, 5.41) is 0. The van der Waals surface area contributed by atoms with Gasteiger partial charge in [0, 0.05) is 15.7 Å². The van der Waals surface area contributed by atoms with Crippen LogP contribution in [0.15, 0.2) is 34.8 Å². The van der Waals surface area contributed by atoms with Crippen LogP contribution in [0.3, 0.4) is 0 Å². The molecule has 1 aromatic carbocycles. The molecule has 82 valence electrons. The third-order valence-corrected chi connectivity index (χ3v) is 2.99. The van der Waals surface area contributed by atoms with Crippen molar-refractivity contribution in [2.24, 2.45) is 0 Å². The van der Waals surface area contributed by atoms with Gasteiger partial charge in [-0.2, -0.15) is 12.6 Å². The Balaban J connectivity index is 2.47. The minimum atomic E-state index is 0.561. The maximum Gasteiger partial charge on any atom is 0.138 e. The van der Waals surface area contributed by atoms with Crippen molar-refractivity contribution in [2.45, 2.75) is 12.7 Å². The molecular formula is C12H11BrN2S. The van der Waals surface area contributed by atoms with Crippen molar-refractivity contribution in [3.63, 3.8) is 0 Å². The molecule has 0 atom stereocenters. The minimum absolute atomic E-state index is 0.561. The van der Waals surface area contributed by atoms with Crippen LogP contribution in [0, 0.1) is 6.92 Å². The first-order valence-electron chi connectivity index (χ1n) is 4.90. The second kappa shape index (κ2) is 4.97. The van der Waals surface area contributed by atoms with E-state index in [-0.39, 0.29) is 0 Å². The van der Waals surface area contributed by atoms with E-state index in [4.69, 9.17) is 0 Å². The Labute approximate surface area is 109 Å².